The third kappa shape index (κ3) is 1.05. The van der Waals surface area contributed by atoms with Crippen molar-refractivity contribution in [1.29, 1.82) is 0 Å². The number of hydrogen-bond acceptors (Lipinski definition) is 2. The van der Waals surface area contributed by atoms with Crippen LogP contribution in [0, 0.1) is 0 Å². The van der Waals surface area contributed by atoms with Gasteiger partial charge < -0.3 is 4.40 Å². The lowest BCUT2D eigenvalue weighted by Crippen LogP contribution is -1.88. The number of aromatic nitrogens is 1. The molecule has 0 saturated carbocycles. The van der Waals surface area contributed by atoms with E-state index in [-0.39, 0.29) is 0 Å². The van der Waals surface area contributed by atoms with Crippen LogP contribution in [0.5, 0.6) is 0 Å². The Kier molecular flexibility index (Phi) is 1.70. The first-order valence-corrected chi connectivity index (χ1v) is 3.87. The minimum absolute atomic E-state index is 0.498. The molecule has 0 radical (unpaired) electrons. The van der Waals surface area contributed by atoms with Crippen molar-refractivity contribution in [2.75, 3.05) is 0 Å². The quantitative estimate of drug-likeness (QED) is 0.646. The summed E-state index contributed by atoms with van der Waals surface area (Å²) in [5, 5.41) is 0. The Hall–Kier alpha value is -1.90. The van der Waals surface area contributed by atoms with Crippen LogP contribution >= 0.6 is 0 Å². The van der Waals surface area contributed by atoms with Gasteiger partial charge in [0.2, 0.25) is 0 Å². The SMILES string of the molecule is O=Cc1cc(C=O)n2ccccc12. The molecule has 2 aromatic rings. The Labute approximate surface area is 74.6 Å². The number of aldehydes is 2. The summed E-state index contributed by atoms with van der Waals surface area (Å²) in [6.07, 6.45) is 3.24. The van der Waals surface area contributed by atoms with Crippen LogP contribution in [0.15, 0.2) is 30.5 Å². The number of fused-ring (bicyclic) bond motifs is 1. The van der Waals surface area contributed by atoms with Gasteiger partial charge in [0.1, 0.15) is 0 Å². The lowest BCUT2D eigenvalue weighted by atomic mass is 10.3. The first-order valence-electron chi connectivity index (χ1n) is 3.87. The zero-order chi connectivity index (χ0) is 9.26. The van der Waals surface area contributed by atoms with Crippen LogP contribution in [0.3, 0.4) is 0 Å². The maximum Gasteiger partial charge on any atom is 0.166 e. The fourth-order valence-electron chi connectivity index (χ4n) is 1.39. The summed E-state index contributed by atoms with van der Waals surface area (Å²) in [6.45, 7) is 0. The summed E-state index contributed by atoms with van der Waals surface area (Å²) in [4.78, 5) is 21.2. The fraction of sp³-hybridized carbons (Fsp3) is 0. The molecule has 0 atom stereocenters. The molecule has 3 heteroatoms. The lowest BCUT2D eigenvalue weighted by molar-refractivity contribution is 0.111. The highest BCUT2D eigenvalue weighted by Crippen LogP contribution is 2.13. The Morgan fingerprint density at radius 2 is 2.00 bits per heavy atom. The van der Waals surface area contributed by atoms with Gasteiger partial charge in [0.05, 0.1) is 11.2 Å². The summed E-state index contributed by atoms with van der Waals surface area (Å²) in [5.41, 5.74) is 1.81. The van der Waals surface area contributed by atoms with Crippen molar-refractivity contribution in [1.82, 2.24) is 4.40 Å². The summed E-state index contributed by atoms with van der Waals surface area (Å²) >= 11 is 0. The van der Waals surface area contributed by atoms with Crippen LogP contribution in [0.2, 0.25) is 0 Å². The fourth-order valence-corrected chi connectivity index (χ4v) is 1.39. The predicted molar refractivity (Wildman–Crippen MR) is 48.2 cm³/mol. The molecule has 0 N–H and O–H groups in total. The van der Waals surface area contributed by atoms with Crippen molar-refractivity contribution < 1.29 is 9.59 Å². The first kappa shape index (κ1) is 7.73. The molecule has 2 heterocycles. The van der Waals surface area contributed by atoms with Gasteiger partial charge in [-0.2, -0.15) is 0 Å². The van der Waals surface area contributed by atoms with Crippen LogP contribution in [0.1, 0.15) is 20.8 Å². The van der Waals surface area contributed by atoms with E-state index in [9.17, 15) is 9.59 Å². The van der Waals surface area contributed by atoms with Gasteiger partial charge in [0.25, 0.3) is 0 Å². The topological polar surface area (TPSA) is 38.5 Å². The number of pyridine rings is 1. The molecule has 0 aliphatic heterocycles. The van der Waals surface area contributed by atoms with Gasteiger partial charge in [-0.15, -0.1) is 0 Å². The molecule has 64 valence electrons. The lowest BCUT2D eigenvalue weighted by Gasteiger charge is -1.94. The van der Waals surface area contributed by atoms with Gasteiger partial charge in [0, 0.05) is 11.8 Å². The highest BCUT2D eigenvalue weighted by Gasteiger charge is 2.05. The van der Waals surface area contributed by atoms with Crippen molar-refractivity contribution in [2.24, 2.45) is 0 Å². The van der Waals surface area contributed by atoms with E-state index in [1.807, 2.05) is 12.1 Å². The number of carbonyl (C=O) groups is 2. The largest absolute Gasteiger partial charge is 0.313 e. The maximum absolute atomic E-state index is 10.6. The van der Waals surface area contributed by atoms with E-state index < -0.39 is 0 Å². The average Bonchev–Trinajstić information content (AvgIpc) is 2.56. The Morgan fingerprint density at radius 3 is 2.69 bits per heavy atom. The molecule has 0 unspecified atom stereocenters. The van der Waals surface area contributed by atoms with Gasteiger partial charge in [-0.05, 0) is 18.2 Å². The summed E-state index contributed by atoms with van der Waals surface area (Å²) in [6, 6.07) is 7.03. The maximum atomic E-state index is 10.6. The molecule has 0 saturated heterocycles. The molecule has 3 nitrogen and oxygen atoms in total. The highest BCUT2D eigenvalue weighted by molar-refractivity contribution is 5.91. The summed E-state index contributed by atoms with van der Waals surface area (Å²) in [5.74, 6) is 0. The average molecular weight is 173 g/mol. The zero-order valence-electron chi connectivity index (χ0n) is 6.81. The highest BCUT2D eigenvalue weighted by atomic mass is 16.1. The van der Waals surface area contributed by atoms with E-state index in [2.05, 4.69) is 0 Å². The monoisotopic (exact) mass is 173 g/mol. The number of nitrogens with zero attached hydrogens (tertiary/aromatic N) is 1. The van der Waals surface area contributed by atoms with Crippen molar-refractivity contribution in [3.05, 3.63) is 41.7 Å². The van der Waals surface area contributed by atoms with E-state index in [4.69, 9.17) is 0 Å². The zero-order valence-corrected chi connectivity index (χ0v) is 6.81. The minimum Gasteiger partial charge on any atom is -0.313 e. The first-order chi connectivity index (χ1) is 6.36. The van der Waals surface area contributed by atoms with Crippen molar-refractivity contribution in [2.45, 2.75) is 0 Å². The summed E-state index contributed by atoms with van der Waals surface area (Å²) in [7, 11) is 0. The van der Waals surface area contributed by atoms with Gasteiger partial charge in [0.15, 0.2) is 12.6 Å². The second-order valence-electron chi connectivity index (χ2n) is 2.72. The smallest absolute Gasteiger partial charge is 0.166 e. The molecule has 0 fully saturated rings. The van der Waals surface area contributed by atoms with Crippen LogP contribution in [-0.2, 0) is 0 Å². The third-order valence-electron chi connectivity index (χ3n) is 1.98. The molecule has 0 aromatic carbocycles. The van der Waals surface area contributed by atoms with Crippen molar-refractivity contribution in [3.63, 3.8) is 0 Å². The van der Waals surface area contributed by atoms with Gasteiger partial charge in [-0.1, -0.05) is 6.07 Å². The van der Waals surface area contributed by atoms with E-state index in [1.165, 1.54) is 0 Å². The van der Waals surface area contributed by atoms with Crippen molar-refractivity contribution >= 4 is 18.1 Å². The molecule has 0 spiro atoms. The minimum atomic E-state index is 0.498. The molecule has 0 bridgehead atoms. The van der Waals surface area contributed by atoms with E-state index in [1.54, 1.807) is 22.7 Å². The van der Waals surface area contributed by atoms with E-state index in [0.717, 1.165) is 18.1 Å². The van der Waals surface area contributed by atoms with Gasteiger partial charge in [-0.3, -0.25) is 9.59 Å². The normalized spacial score (nSPS) is 10.2. The van der Waals surface area contributed by atoms with Gasteiger partial charge in [-0.25, -0.2) is 0 Å². The molecule has 2 aromatic heterocycles. The number of rotatable bonds is 2. The second kappa shape index (κ2) is 2.86. The van der Waals surface area contributed by atoms with Crippen LogP contribution in [0.25, 0.3) is 5.52 Å². The van der Waals surface area contributed by atoms with E-state index >= 15 is 0 Å². The van der Waals surface area contributed by atoms with Crippen LogP contribution in [0.4, 0.5) is 0 Å². The molecular weight excluding hydrogens is 166 g/mol. The molecule has 0 aliphatic rings. The van der Waals surface area contributed by atoms with Crippen LogP contribution < -0.4 is 0 Å². The van der Waals surface area contributed by atoms with E-state index in [0.29, 0.717) is 11.3 Å². The van der Waals surface area contributed by atoms with Crippen molar-refractivity contribution in [3.8, 4) is 0 Å². The Balaban J connectivity index is 2.89. The number of carbonyl (C=O) groups excluding carboxylic acids is 2. The second-order valence-corrected chi connectivity index (χ2v) is 2.72. The molecule has 0 amide bonds. The number of hydrogen-bond donors (Lipinski definition) is 0. The van der Waals surface area contributed by atoms with Gasteiger partial charge >= 0.3 is 0 Å². The standard InChI is InChI=1S/C10H7NO2/c12-6-8-5-9(7-13)11-4-2-1-3-10(8)11/h1-7H. The Morgan fingerprint density at radius 1 is 1.15 bits per heavy atom. The summed E-state index contributed by atoms with van der Waals surface area (Å²) < 4.78 is 1.69. The molecular formula is C10H7NO2. The molecule has 13 heavy (non-hydrogen) atoms. The Bertz CT molecular complexity index is 429. The predicted octanol–water partition coefficient (Wildman–Crippen LogP) is 1.56. The van der Waals surface area contributed by atoms with Crippen LogP contribution in [-0.4, -0.2) is 17.0 Å². The molecule has 2 rings (SSSR count). The molecule has 0 aliphatic carbocycles. The third-order valence-corrected chi connectivity index (χ3v) is 1.98.